The highest BCUT2D eigenvalue weighted by atomic mass is 16.2. The van der Waals surface area contributed by atoms with Crippen LogP contribution in [0.2, 0.25) is 0 Å². The van der Waals surface area contributed by atoms with Crippen LogP contribution in [0, 0.1) is 0 Å². The van der Waals surface area contributed by atoms with Crippen molar-refractivity contribution in [3.05, 3.63) is 78.4 Å². The second-order valence-electron chi connectivity index (χ2n) is 6.43. The molecule has 4 heterocycles. The topological polar surface area (TPSA) is 84.9 Å². The van der Waals surface area contributed by atoms with Crippen LogP contribution in [0.3, 0.4) is 0 Å². The Labute approximate surface area is 161 Å². The summed E-state index contributed by atoms with van der Waals surface area (Å²) in [5, 5.41) is 4.92. The number of hydrogen-bond acceptors (Lipinski definition) is 5. The van der Waals surface area contributed by atoms with Crippen LogP contribution in [0.5, 0.6) is 0 Å². The Balaban J connectivity index is 1.58. The van der Waals surface area contributed by atoms with Gasteiger partial charge in [-0.15, -0.1) is 0 Å². The molecule has 0 saturated carbocycles. The summed E-state index contributed by atoms with van der Waals surface area (Å²) in [4.78, 5) is 30.8. The fourth-order valence-corrected chi connectivity index (χ4v) is 3.44. The lowest BCUT2D eigenvalue weighted by atomic mass is 10.0. The Bertz CT molecular complexity index is 1160. The number of nitrogens with zero attached hydrogens (tertiary/aromatic N) is 6. The number of rotatable bonds is 4. The molecule has 0 atom stereocenters. The van der Waals surface area contributed by atoms with Crippen LogP contribution < -0.4 is 5.32 Å². The number of amidine groups is 2. The number of urea groups is 1. The maximum atomic E-state index is 11.8. The quantitative estimate of drug-likeness (QED) is 0.709. The van der Waals surface area contributed by atoms with Gasteiger partial charge in [-0.2, -0.15) is 10.3 Å². The van der Waals surface area contributed by atoms with Crippen molar-refractivity contribution in [1.82, 2.24) is 20.2 Å². The first kappa shape index (κ1) is 16.3. The van der Waals surface area contributed by atoms with Gasteiger partial charge >= 0.3 is 6.03 Å². The fourth-order valence-electron chi connectivity index (χ4n) is 3.44. The van der Waals surface area contributed by atoms with E-state index >= 15 is 0 Å². The van der Waals surface area contributed by atoms with E-state index in [0.29, 0.717) is 18.2 Å². The van der Waals surface area contributed by atoms with Gasteiger partial charge in [-0.1, -0.05) is 18.2 Å². The molecule has 0 N–H and O–H groups in total. The van der Waals surface area contributed by atoms with Crippen molar-refractivity contribution >= 4 is 34.3 Å². The first-order chi connectivity index (χ1) is 13.8. The Morgan fingerprint density at radius 3 is 2.75 bits per heavy atom. The summed E-state index contributed by atoms with van der Waals surface area (Å²) in [6, 6.07) is 13.4. The van der Waals surface area contributed by atoms with Crippen molar-refractivity contribution in [2.45, 2.75) is 6.42 Å². The zero-order valence-electron chi connectivity index (χ0n) is 14.9. The molecule has 28 heavy (non-hydrogen) atoms. The van der Waals surface area contributed by atoms with Crippen molar-refractivity contribution in [3.8, 4) is 0 Å². The summed E-state index contributed by atoms with van der Waals surface area (Å²) in [6.45, 7) is 0.632. The van der Waals surface area contributed by atoms with Crippen LogP contribution in [0.1, 0.15) is 11.1 Å². The second kappa shape index (κ2) is 6.70. The maximum Gasteiger partial charge on any atom is 0.371 e. The first-order valence-corrected chi connectivity index (χ1v) is 8.93. The predicted molar refractivity (Wildman–Crippen MR) is 107 cm³/mol. The Morgan fingerprint density at radius 1 is 0.964 bits per heavy atom. The minimum Gasteiger partial charge on any atom is -0.321 e. The molecule has 2 aliphatic heterocycles. The molecule has 0 aliphatic carbocycles. The van der Waals surface area contributed by atoms with E-state index in [1.807, 2.05) is 47.4 Å². The van der Waals surface area contributed by atoms with Crippen LogP contribution in [-0.2, 0) is 6.42 Å². The lowest BCUT2D eigenvalue weighted by molar-refractivity contribution is 0.253. The average molecular weight is 367 g/mol. The van der Waals surface area contributed by atoms with E-state index in [4.69, 9.17) is 0 Å². The molecule has 2 amide bonds. The summed E-state index contributed by atoms with van der Waals surface area (Å²) < 4.78 is 0. The molecule has 5 rings (SSSR count). The molecule has 3 aromatic rings. The SMILES string of the molecule is O=C1[N]C2=NC=C(c3cccc4ncccc34)N(CCc3ccncc3)C2=N1. The third kappa shape index (κ3) is 2.83. The number of hydrogen-bond donors (Lipinski definition) is 0. The molecular weight excluding hydrogens is 352 g/mol. The molecule has 0 saturated heterocycles. The van der Waals surface area contributed by atoms with E-state index in [9.17, 15) is 4.79 Å². The molecule has 0 unspecified atom stereocenters. The van der Waals surface area contributed by atoms with E-state index in [1.54, 1.807) is 24.8 Å². The zero-order valence-corrected chi connectivity index (χ0v) is 14.9. The minimum absolute atomic E-state index is 0.363. The van der Waals surface area contributed by atoms with E-state index in [2.05, 4.69) is 25.3 Å². The molecule has 7 nitrogen and oxygen atoms in total. The molecular formula is C21H15N6O. The van der Waals surface area contributed by atoms with Crippen molar-refractivity contribution in [1.29, 1.82) is 0 Å². The summed E-state index contributed by atoms with van der Waals surface area (Å²) in [7, 11) is 0. The van der Waals surface area contributed by atoms with Gasteiger partial charge in [-0.25, -0.2) is 9.79 Å². The first-order valence-electron chi connectivity index (χ1n) is 8.93. The van der Waals surface area contributed by atoms with Crippen molar-refractivity contribution < 1.29 is 4.79 Å². The maximum absolute atomic E-state index is 11.8. The number of carbonyl (C=O) groups is 1. The van der Waals surface area contributed by atoms with Crippen LogP contribution in [0.4, 0.5) is 4.79 Å². The number of pyridine rings is 2. The van der Waals surface area contributed by atoms with Gasteiger partial charge in [0.05, 0.1) is 17.4 Å². The molecule has 0 spiro atoms. The Morgan fingerprint density at radius 2 is 1.86 bits per heavy atom. The number of carbonyl (C=O) groups excluding carboxylic acids is 1. The number of amides is 2. The van der Waals surface area contributed by atoms with Crippen molar-refractivity contribution in [2.24, 2.45) is 9.98 Å². The van der Waals surface area contributed by atoms with Gasteiger partial charge in [-0.05, 0) is 36.2 Å². The number of aliphatic imine (C=N–C) groups is 2. The third-order valence-electron chi connectivity index (χ3n) is 4.75. The van der Waals surface area contributed by atoms with Crippen LogP contribution in [-0.4, -0.2) is 39.1 Å². The number of fused-ring (bicyclic) bond motifs is 2. The second-order valence-corrected chi connectivity index (χ2v) is 6.43. The smallest absolute Gasteiger partial charge is 0.321 e. The number of benzene rings is 1. The van der Waals surface area contributed by atoms with Gasteiger partial charge in [-0.3, -0.25) is 9.97 Å². The highest BCUT2D eigenvalue weighted by Gasteiger charge is 2.33. The monoisotopic (exact) mass is 367 g/mol. The van der Waals surface area contributed by atoms with E-state index in [0.717, 1.165) is 34.1 Å². The molecule has 1 radical (unpaired) electrons. The van der Waals surface area contributed by atoms with Gasteiger partial charge in [0.25, 0.3) is 0 Å². The van der Waals surface area contributed by atoms with Gasteiger partial charge in [0.15, 0.2) is 5.84 Å². The van der Waals surface area contributed by atoms with E-state index in [1.165, 1.54) is 0 Å². The Kier molecular flexibility index (Phi) is 3.90. The fraction of sp³-hybridized carbons (Fsp3) is 0.0952. The highest BCUT2D eigenvalue weighted by molar-refractivity contribution is 6.49. The lowest BCUT2D eigenvalue weighted by Crippen LogP contribution is -2.39. The number of aromatic nitrogens is 2. The molecule has 2 aromatic heterocycles. The largest absolute Gasteiger partial charge is 0.371 e. The summed E-state index contributed by atoms with van der Waals surface area (Å²) in [5.74, 6) is 0.860. The van der Waals surface area contributed by atoms with Gasteiger partial charge in [0.2, 0.25) is 5.84 Å². The van der Waals surface area contributed by atoms with Crippen molar-refractivity contribution in [3.63, 3.8) is 0 Å². The van der Waals surface area contributed by atoms with E-state index < -0.39 is 6.03 Å². The molecule has 1 aromatic carbocycles. The van der Waals surface area contributed by atoms with E-state index in [-0.39, 0.29) is 0 Å². The van der Waals surface area contributed by atoms with Crippen molar-refractivity contribution in [2.75, 3.05) is 6.54 Å². The normalized spacial score (nSPS) is 15.6. The van der Waals surface area contributed by atoms with Gasteiger partial charge in [0.1, 0.15) is 0 Å². The third-order valence-corrected chi connectivity index (χ3v) is 4.75. The molecule has 0 fully saturated rings. The minimum atomic E-state index is -0.517. The summed E-state index contributed by atoms with van der Waals surface area (Å²) >= 11 is 0. The average Bonchev–Trinajstić information content (AvgIpc) is 3.13. The lowest BCUT2D eigenvalue weighted by Gasteiger charge is -2.29. The van der Waals surface area contributed by atoms with Crippen LogP contribution in [0.25, 0.3) is 16.6 Å². The highest BCUT2D eigenvalue weighted by Crippen LogP contribution is 2.30. The molecule has 7 heteroatoms. The standard InChI is InChI=1S/C21H15N6O/c28-21-25-19-20(26-21)27(12-8-14-6-10-22-11-7-14)18(13-24-19)16-3-1-5-17-15(16)4-2-9-23-17/h1-7,9-11,13H,8,12H2. The predicted octanol–water partition coefficient (Wildman–Crippen LogP) is 3.02. The zero-order chi connectivity index (χ0) is 18.9. The summed E-state index contributed by atoms with van der Waals surface area (Å²) in [5.41, 5.74) is 3.92. The summed E-state index contributed by atoms with van der Waals surface area (Å²) in [6.07, 6.45) is 7.85. The Hall–Kier alpha value is -3.87. The molecule has 135 valence electrons. The van der Waals surface area contributed by atoms with Gasteiger partial charge in [0, 0.05) is 36.1 Å². The molecule has 2 aliphatic rings. The molecule has 0 bridgehead atoms. The van der Waals surface area contributed by atoms with Crippen LogP contribution in [0.15, 0.2) is 77.2 Å². The van der Waals surface area contributed by atoms with Gasteiger partial charge < -0.3 is 4.90 Å². The van der Waals surface area contributed by atoms with Crippen LogP contribution >= 0.6 is 0 Å².